The minimum atomic E-state index is -0.0386. The lowest BCUT2D eigenvalue weighted by Crippen LogP contribution is -2.24. The Kier molecular flexibility index (Phi) is 5.63. The molecule has 122 valence electrons. The first-order valence-corrected chi connectivity index (χ1v) is 8.70. The highest BCUT2D eigenvalue weighted by atomic mass is 32.2. The first-order valence-electron chi connectivity index (χ1n) is 7.55. The average Bonchev–Trinajstić information content (AvgIpc) is 3.11. The number of carbonyl (C=O) groups is 1. The summed E-state index contributed by atoms with van der Waals surface area (Å²) >= 11 is 1.55. The van der Waals surface area contributed by atoms with E-state index in [1.807, 2.05) is 48.7 Å². The van der Waals surface area contributed by atoms with Crippen molar-refractivity contribution in [3.63, 3.8) is 0 Å². The molecule has 0 radical (unpaired) electrons. The van der Waals surface area contributed by atoms with Gasteiger partial charge in [-0.25, -0.2) is 4.98 Å². The van der Waals surface area contributed by atoms with Crippen LogP contribution in [0.3, 0.4) is 0 Å². The van der Waals surface area contributed by atoms with Crippen molar-refractivity contribution in [1.29, 1.82) is 0 Å². The van der Waals surface area contributed by atoms with Gasteiger partial charge < -0.3 is 9.73 Å². The highest BCUT2D eigenvalue weighted by Crippen LogP contribution is 2.19. The summed E-state index contributed by atoms with van der Waals surface area (Å²) in [5.74, 6) is 2.31. The smallest absolute Gasteiger partial charge is 0.230 e. The molecule has 1 aromatic carbocycles. The monoisotopic (exact) mass is 339 g/mol. The van der Waals surface area contributed by atoms with Gasteiger partial charge in [-0.3, -0.25) is 9.78 Å². The van der Waals surface area contributed by atoms with Crippen molar-refractivity contribution in [2.24, 2.45) is 0 Å². The van der Waals surface area contributed by atoms with Crippen molar-refractivity contribution in [2.75, 3.05) is 5.75 Å². The maximum absolute atomic E-state index is 11.9. The molecule has 0 aliphatic rings. The van der Waals surface area contributed by atoms with Gasteiger partial charge in [0.2, 0.25) is 11.8 Å². The lowest BCUT2D eigenvalue weighted by atomic mass is 10.2. The van der Waals surface area contributed by atoms with Crippen molar-refractivity contribution < 1.29 is 9.21 Å². The van der Waals surface area contributed by atoms with Crippen LogP contribution in [0.25, 0.3) is 11.3 Å². The summed E-state index contributed by atoms with van der Waals surface area (Å²) in [6.07, 6.45) is 5.22. The Labute approximate surface area is 144 Å². The number of rotatable bonds is 7. The van der Waals surface area contributed by atoms with Gasteiger partial charge in [-0.05, 0) is 11.6 Å². The van der Waals surface area contributed by atoms with Crippen molar-refractivity contribution in [2.45, 2.75) is 12.3 Å². The number of benzene rings is 1. The van der Waals surface area contributed by atoms with E-state index in [0.717, 1.165) is 16.9 Å². The van der Waals surface area contributed by atoms with Crippen molar-refractivity contribution in [1.82, 2.24) is 15.3 Å². The number of amides is 1. The number of aromatic nitrogens is 2. The summed E-state index contributed by atoms with van der Waals surface area (Å²) in [6.45, 7) is 0.291. The summed E-state index contributed by atoms with van der Waals surface area (Å²) in [4.78, 5) is 20.1. The number of carbonyl (C=O) groups excluding carboxylic acids is 1. The molecule has 3 rings (SSSR count). The van der Waals surface area contributed by atoms with Crippen LogP contribution in [-0.4, -0.2) is 21.6 Å². The molecule has 0 spiro atoms. The van der Waals surface area contributed by atoms with Crippen LogP contribution in [0.5, 0.6) is 0 Å². The summed E-state index contributed by atoms with van der Waals surface area (Å²) in [5.41, 5.74) is 2.07. The normalized spacial score (nSPS) is 10.5. The minimum absolute atomic E-state index is 0.0386. The Hall–Kier alpha value is -2.60. The highest BCUT2D eigenvalue weighted by molar-refractivity contribution is 7.99. The van der Waals surface area contributed by atoms with Crippen molar-refractivity contribution in [3.8, 4) is 11.3 Å². The molecule has 2 heterocycles. The van der Waals surface area contributed by atoms with Crippen LogP contribution in [0.4, 0.5) is 0 Å². The summed E-state index contributed by atoms with van der Waals surface area (Å²) in [6, 6.07) is 13.6. The Morgan fingerprint density at radius 3 is 2.79 bits per heavy atom. The molecule has 3 aromatic rings. The number of thioether (sulfide) groups is 1. The molecule has 1 amide bonds. The third kappa shape index (κ3) is 4.70. The fourth-order valence-electron chi connectivity index (χ4n) is 2.10. The molecule has 2 aromatic heterocycles. The number of nitrogens with zero attached hydrogens (tertiary/aromatic N) is 2. The zero-order valence-electron chi connectivity index (χ0n) is 13.0. The number of nitrogens with one attached hydrogen (secondary N) is 1. The van der Waals surface area contributed by atoms with Gasteiger partial charge in [-0.1, -0.05) is 36.4 Å². The molecule has 0 saturated carbocycles. The summed E-state index contributed by atoms with van der Waals surface area (Å²) < 4.78 is 5.65. The van der Waals surface area contributed by atoms with E-state index in [2.05, 4.69) is 15.3 Å². The molecule has 0 aliphatic heterocycles. The van der Waals surface area contributed by atoms with Crippen LogP contribution in [-0.2, 0) is 17.1 Å². The van der Waals surface area contributed by atoms with E-state index in [0.29, 0.717) is 23.9 Å². The number of hydrogen-bond donors (Lipinski definition) is 1. The summed E-state index contributed by atoms with van der Waals surface area (Å²) in [7, 11) is 0. The van der Waals surface area contributed by atoms with E-state index in [1.165, 1.54) is 0 Å². The van der Waals surface area contributed by atoms with Crippen LogP contribution in [0.1, 0.15) is 11.5 Å². The number of oxazole rings is 1. The maximum Gasteiger partial charge on any atom is 0.230 e. The zero-order chi connectivity index (χ0) is 16.6. The molecular formula is C18H17N3O2S. The molecule has 0 bridgehead atoms. The number of pyridine rings is 1. The molecule has 0 unspecified atom stereocenters. The quantitative estimate of drug-likeness (QED) is 0.715. The second-order valence-electron chi connectivity index (χ2n) is 5.12. The Balaban J connectivity index is 1.42. The molecule has 1 N–H and O–H groups in total. The fourth-order valence-corrected chi connectivity index (χ4v) is 2.89. The molecule has 6 heteroatoms. The SMILES string of the molecule is O=C(CSCc1cccnc1)NCc1ncc(-c2ccccc2)o1. The van der Waals surface area contributed by atoms with Crippen LogP contribution in [0.15, 0.2) is 65.5 Å². The van der Waals surface area contributed by atoms with Gasteiger partial charge in [0.05, 0.1) is 18.5 Å². The first-order chi connectivity index (χ1) is 11.8. The topological polar surface area (TPSA) is 68.0 Å². The predicted molar refractivity (Wildman–Crippen MR) is 94.2 cm³/mol. The Bertz CT molecular complexity index is 775. The van der Waals surface area contributed by atoms with E-state index in [4.69, 9.17) is 4.42 Å². The second-order valence-corrected chi connectivity index (χ2v) is 6.10. The number of hydrogen-bond acceptors (Lipinski definition) is 5. The van der Waals surface area contributed by atoms with Gasteiger partial charge in [-0.15, -0.1) is 11.8 Å². The van der Waals surface area contributed by atoms with E-state index < -0.39 is 0 Å². The van der Waals surface area contributed by atoms with E-state index in [9.17, 15) is 4.79 Å². The third-order valence-corrected chi connectivity index (χ3v) is 4.28. The largest absolute Gasteiger partial charge is 0.439 e. The van der Waals surface area contributed by atoms with E-state index >= 15 is 0 Å². The van der Waals surface area contributed by atoms with Gasteiger partial charge in [0, 0.05) is 23.7 Å². The third-order valence-electron chi connectivity index (χ3n) is 3.27. The van der Waals surface area contributed by atoms with Crippen molar-refractivity contribution >= 4 is 17.7 Å². The van der Waals surface area contributed by atoms with E-state index in [-0.39, 0.29) is 5.91 Å². The van der Waals surface area contributed by atoms with Gasteiger partial charge in [0.1, 0.15) is 0 Å². The Morgan fingerprint density at radius 2 is 2.00 bits per heavy atom. The molecule has 0 aliphatic carbocycles. The van der Waals surface area contributed by atoms with E-state index in [1.54, 1.807) is 24.2 Å². The van der Waals surface area contributed by atoms with Crippen LogP contribution >= 0.6 is 11.8 Å². The molecule has 0 atom stereocenters. The lowest BCUT2D eigenvalue weighted by molar-refractivity contribution is -0.118. The van der Waals surface area contributed by atoms with Gasteiger partial charge in [0.15, 0.2) is 5.76 Å². The molecular weight excluding hydrogens is 322 g/mol. The second kappa shape index (κ2) is 8.31. The fraction of sp³-hybridized carbons (Fsp3) is 0.167. The highest BCUT2D eigenvalue weighted by Gasteiger charge is 2.08. The zero-order valence-corrected chi connectivity index (χ0v) is 13.8. The standard InChI is InChI=1S/C18H17N3O2S/c22-17(13-24-12-14-5-4-8-19-9-14)20-11-18-21-10-16(23-18)15-6-2-1-3-7-15/h1-10H,11-13H2,(H,20,22). The summed E-state index contributed by atoms with van der Waals surface area (Å²) in [5, 5.41) is 2.82. The maximum atomic E-state index is 11.9. The molecule has 24 heavy (non-hydrogen) atoms. The van der Waals surface area contributed by atoms with Crippen LogP contribution in [0, 0.1) is 0 Å². The van der Waals surface area contributed by atoms with Crippen molar-refractivity contribution in [3.05, 3.63) is 72.5 Å². The lowest BCUT2D eigenvalue weighted by Gasteiger charge is -2.03. The van der Waals surface area contributed by atoms with Crippen LogP contribution in [0.2, 0.25) is 0 Å². The minimum Gasteiger partial charge on any atom is -0.439 e. The van der Waals surface area contributed by atoms with Gasteiger partial charge >= 0.3 is 0 Å². The van der Waals surface area contributed by atoms with Crippen LogP contribution < -0.4 is 5.32 Å². The predicted octanol–water partition coefficient (Wildman–Crippen LogP) is 3.29. The van der Waals surface area contributed by atoms with Gasteiger partial charge in [-0.2, -0.15) is 0 Å². The average molecular weight is 339 g/mol. The molecule has 0 saturated heterocycles. The molecule has 5 nitrogen and oxygen atoms in total. The first kappa shape index (κ1) is 16.3. The molecule has 0 fully saturated rings. The Morgan fingerprint density at radius 1 is 1.12 bits per heavy atom. The van der Waals surface area contributed by atoms with Gasteiger partial charge in [0.25, 0.3) is 0 Å².